The van der Waals surface area contributed by atoms with Crippen LogP contribution in [0.15, 0.2) is 95.9 Å². The standard InChI is InChI=1S/C35H35N3O3S/c1-21-8-12-28(18-22(21)2)38-42(40,41)29-15-13-27(14-16-29)36-35(39)26-11-17-31-30(20-26)32-24-9-10-25(19-24)33(32)34(37-31)23-6-4-3-5-7-23/h3-8,11-18,20,24-25,32-34,37-38H,9-10,19H2,1-2H3,(H,36,39)/t24-,25-,32-,33+,34+/m0/s1. The fraction of sp³-hybridized carbons (Fsp3) is 0.286. The third-order valence-corrected chi connectivity index (χ3v) is 11.1. The molecule has 4 aromatic rings. The molecule has 0 spiro atoms. The summed E-state index contributed by atoms with van der Waals surface area (Å²) in [6.07, 6.45) is 3.82. The van der Waals surface area contributed by atoms with Gasteiger partial charge in [-0.25, -0.2) is 8.42 Å². The van der Waals surface area contributed by atoms with Crippen molar-refractivity contribution in [2.24, 2.45) is 17.8 Å². The zero-order valence-electron chi connectivity index (χ0n) is 23.8. The van der Waals surface area contributed by atoms with E-state index in [0.29, 0.717) is 40.6 Å². The fourth-order valence-electron chi connectivity index (χ4n) is 7.56. The van der Waals surface area contributed by atoms with Crippen LogP contribution in [0.2, 0.25) is 0 Å². The molecule has 4 aromatic carbocycles. The van der Waals surface area contributed by atoms with E-state index in [1.54, 1.807) is 18.2 Å². The van der Waals surface area contributed by atoms with Crippen LogP contribution in [0.3, 0.4) is 0 Å². The van der Waals surface area contributed by atoms with Gasteiger partial charge in [-0.1, -0.05) is 36.4 Å². The first-order valence-electron chi connectivity index (χ1n) is 14.7. The molecular formula is C35H35N3O3S. The molecule has 1 heterocycles. The smallest absolute Gasteiger partial charge is 0.261 e. The number of aryl methyl sites for hydroxylation is 2. The summed E-state index contributed by atoms with van der Waals surface area (Å²) in [5.74, 6) is 2.16. The Bertz CT molecular complexity index is 1770. The molecule has 2 aliphatic carbocycles. The molecule has 3 aliphatic rings. The molecule has 7 heteroatoms. The molecule has 2 bridgehead atoms. The monoisotopic (exact) mass is 577 g/mol. The lowest BCUT2D eigenvalue weighted by atomic mass is 9.68. The lowest BCUT2D eigenvalue weighted by molar-refractivity contribution is 0.102. The number of benzene rings is 4. The minimum absolute atomic E-state index is 0.133. The van der Waals surface area contributed by atoms with Gasteiger partial charge in [0.2, 0.25) is 0 Å². The average Bonchev–Trinajstić information content (AvgIpc) is 3.62. The van der Waals surface area contributed by atoms with E-state index < -0.39 is 10.0 Å². The SMILES string of the molecule is Cc1ccc(NS(=O)(=O)c2ccc(NC(=O)c3ccc4c(c3)[C@@H]3[C@H]5CC[C@@H](C5)[C@H]3[C@@H](c3ccccc3)N4)cc2)cc1C. The molecule has 3 N–H and O–H groups in total. The van der Waals surface area contributed by atoms with Gasteiger partial charge in [-0.3, -0.25) is 9.52 Å². The zero-order chi connectivity index (χ0) is 29.0. The van der Waals surface area contributed by atoms with Gasteiger partial charge in [0.05, 0.1) is 10.9 Å². The van der Waals surface area contributed by atoms with Crippen LogP contribution in [0.25, 0.3) is 0 Å². The van der Waals surface area contributed by atoms with Crippen LogP contribution in [-0.2, 0) is 10.0 Å². The van der Waals surface area contributed by atoms with E-state index in [1.807, 2.05) is 32.0 Å². The molecule has 5 atom stereocenters. The first-order chi connectivity index (χ1) is 20.3. The van der Waals surface area contributed by atoms with Crippen molar-refractivity contribution in [2.75, 3.05) is 15.4 Å². The normalized spacial score (nSPS) is 23.9. The van der Waals surface area contributed by atoms with Crippen molar-refractivity contribution in [2.45, 2.75) is 50.0 Å². The van der Waals surface area contributed by atoms with Gasteiger partial charge in [0.25, 0.3) is 15.9 Å². The second kappa shape index (κ2) is 10.3. The minimum Gasteiger partial charge on any atom is -0.378 e. The van der Waals surface area contributed by atoms with Gasteiger partial charge < -0.3 is 10.6 Å². The highest BCUT2D eigenvalue weighted by atomic mass is 32.2. The van der Waals surface area contributed by atoms with E-state index >= 15 is 0 Å². The van der Waals surface area contributed by atoms with Crippen molar-refractivity contribution in [3.05, 3.63) is 119 Å². The van der Waals surface area contributed by atoms with Gasteiger partial charge in [-0.2, -0.15) is 0 Å². The highest BCUT2D eigenvalue weighted by Gasteiger charge is 2.53. The van der Waals surface area contributed by atoms with Crippen LogP contribution >= 0.6 is 0 Å². The number of rotatable bonds is 6. The summed E-state index contributed by atoms with van der Waals surface area (Å²) >= 11 is 0. The van der Waals surface area contributed by atoms with Crippen molar-refractivity contribution >= 4 is 33.0 Å². The molecule has 214 valence electrons. The van der Waals surface area contributed by atoms with Crippen LogP contribution < -0.4 is 15.4 Å². The van der Waals surface area contributed by atoms with Gasteiger partial charge in [0, 0.05) is 22.6 Å². The summed E-state index contributed by atoms with van der Waals surface area (Å²) in [5, 5.41) is 6.80. The van der Waals surface area contributed by atoms with Gasteiger partial charge >= 0.3 is 0 Å². The van der Waals surface area contributed by atoms with Crippen molar-refractivity contribution in [3.63, 3.8) is 0 Å². The highest BCUT2D eigenvalue weighted by molar-refractivity contribution is 7.92. The van der Waals surface area contributed by atoms with E-state index in [4.69, 9.17) is 0 Å². The lowest BCUT2D eigenvalue weighted by Crippen LogP contribution is -2.35. The Balaban J connectivity index is 1.09. The Labute approximate surface area is 247 Å². The van der Waals surface area contributed by atoms with Gasteiger partial charge in [0.15, 0.2) is 0 Å². The first-order valence-corrected chi connectivity index (χ1v) is 16.2. The molecule has 2 saturated carbocycles. The summed E-state index contributed by atoms with van der Waals surface area (Å²) in [5.41, 5.74) is 7.50. The molecule has 7 rings (SSSR count). The lowest BCUT2D eigenvalue weighted by Gasteiger charge is -2.43. The summed E-state index contributed by atoms with van der Waals surface area (Å²) in [6, 6.07) is 28.8. The van der Waals surface area contributed by atoms with Crippen LogP contribution in [-0.4, -0.2) is 14.3 Å². The molecule has 1 amide bonds. The number of carbonyl (C=O) groups excluding carboxylic acids is 1. The maximum Gasteiger partial charge on any atom is 0.261 e. The summed E-state index contributed by atoms with van der Waals surface area (Å²) in [7, 11) is -3.76. The van der Waals surface area contributed by atoms with Gasteiger partial charge in [-0.05, 0) is 134 Å². The Hall–Kier alpha value is -4.10. The van der Waals surface area contributed by atoms with E-state index in [9.17, 15) is 13.2 Å². The predicted molar refractivity (Wildman–Crippen MR) is 167 cm³/mol. The Morgan fingerprint density at radius 1 is 0.810 bits per heavy atom. The predicted octanol–water partition coefficient (Wildman–Crippen LogP) is 7.65. The third-order valence-electron chi connectivity index (χ3n) is 9.69. The third kappa shape index (κ3) is 4.75. The van der Waals surface area contributed by atoms with Gasteiger partial charge in [-0.15, -0.1) is 0 Å². The minimum atomic E-state index is -3.76. The van der Waals surface area contributed by atoms with E-state index in [2.05, 4.69) is 57.8 Å². The molecule has 0 aromatic heterocycles. The maximum atomic E-state index is 13.4. The van der Waals surface area contributed by atoms with Crippen molar-refractivity contribution in [1.82, 2.24) is 0 Å². The summed E-state index contributed by atoms with van der Waals surface area (Å²) in [6.45, 7) is 3.93. The van der Waals surface area contributed by atoms with Gasteiger partial charge in [0.1, 0.15) is 0 Å². The van der Waals surface area contributed by atoms with Crippen molar-refractivity contribution < 1.29 is 13.2 Å². The Morgan fingerprint density at radius 2 is 1.55 bits per heavy atom. The average molecular weight is 578 g/mol. The van der Waals surface area contributed by atoms with Crippen molar-refractivity contribution in [3.8, 4) is 0 Å². The largest absolute Gasteiger partial charge is 0.378 e. The Kier molecular flexibility index (Phi) is 6.58. The highest BCUT2D eigenvalue weighted by Crippen LogP contribution is 2.63. The van der Waals surface area contributed by atoms with Crippen LogP contribution in [0.5, 0.6) is 0 Å². The Morgan fingerprint density at radius 3 is 2.31 bits per heavy atom. The number of nitrogens with one attached hydrogen (secondary N) is 3. The second-order valence-corrected chi connectivity index (χ2v) is 13.8. The number of hydrogen-bond acceptors (Lipinski definition) is 4. The zero-order valence-corrected chi connectivity index (χ0v) is 24.6. The molecule has 0 radical (unpaired) electrons. The molecular weight excluding hydrogens is 542 g/mol. The second-order valence-electron chi connectivity index (χ2n) is 12.2. The van der Waals surface area contributed by atoms with Crippen LogP contribution in [0, 0.1) is 31.6 Å². The number of carbonyl (C=O) groups is 1. The number of anilines is 3. The molecule has 6 nitrogen and oxygen atoms in total. The maximum absolute atomic E-state index is 13.4. The number of amides is 1. The van der Waals surface area contributed by atoms with Crippen LogP contribution in [0.4, 0.5) is 17.1 Å². The summed E-state index contributed by atoms with van der Waals surface area (Å²) < 4.78 is 28.5. The molecule has 1 aliphatic heterocycles. The van der Waals surface area contributed by atoms with E-state index in [0.717, 1.165) is 16.8 Å². The molecule has 42 heavy (non-hydrogen) atoms. The topological polar surface area (TPSA) is 87.3 Å². The van der Waals surface area contributed by atoms with Crippen molar-refractivity contribution in [1.29, 1.82) is 0 Å². The number of hydrogen-bond donors (Lipinski definition) is 3. The quantitative estimate of drug-likeness (QED) is 0.220. The number of fused-ring (bicyclic) bond motifs is 7. The van der Waals surface area contributed by atoms with E-state index in [1.165, 1.54) is 42.5 Å². The first kappa shape index (κ1) is 26.8. The fourth-order valence-corrected chi connectivity index (χ4v) is 8.61. The molecule has 0 unspecified atom stereocenters. The number of sulfonamides is 1. The molecule has 2 fully saturated rings. The summed E-state index contributed by atoms with van der Waals surface area (Å²) in [4.78, 5) is 13.5. The van der Waals surface area contributed by atoms with Crippen LogP contribution in [0.1, 0.15) is 63.8 Å². The van der Waals surface area contributed by atoms with E-state index in [-0.39, 0.29) is 16.8 Å². The molecule has 0 saturated heterocycles.